The summed E-state index contributed by atoms with van der Waals surface area (Å²) in [6, 6.07) is 0. The normalized spacial score (nSPS) is 46.8. The van der Waals surface area contributed by atoms with Crippen LogP contribution in [0.1, 0.15) is 45.4 Å². The lowest BCUT2D eigenvalue weighted by Crippen LogP contribution is -2.65. The van der Waals surface area contributed by atoms with Crippen LogP contribution < -0.4 is 5.32 Å². The predicted molar refractivity (Wildman–Crippen MR) is 65.7 cm³/mol. The van der Waals surface area contributed by atoms with Gasteiger partial charge in [0.05, 0.1) is 0 Å². The van der Waals surface area contributed by atoms with Crippen molar-refractivity contribution in [1.82, 2.24) is 5.32 Å². The minimum Gasteiger partial charge on any atom is -0.480 e. The first-order valence-corrected chi connectivity index (χ1v) is 6.91. The van der Waals surface area contributed by atoms with Gasteiger partial charge in [0.1, 0.15) is 5.54 Å². The molecule has 0 heterocycles. The van der Waals surface area contributed by atoms with Crippen LogP contribution in [0.15, 0.2) is 0 Å². The molecular weight excluding hydrogens is 214 g/mol. The Morgan fingerprint density at radius 3 is 1.88 bits per heavy atom. The van der Waals surface area contributed by atoms with Crippen molar-refractivity contribution in [3.63, 3.8) is 0 Å². The van der Waals surface area contributed by atoms with Crippen molar-refractivity contribution in [1.29, 1.82) is 0 Å². The number of carboxylic acids is 1. The summed E-state index contributed by atoms with van der Waals surface area (Å²) in [5.41, 5.74) is -0.717. The Morgan fingerprint density at radius 2 is 1.59 bits per heavy atom. The molecule has 0 aromatic carbocycles. The largest absolute Gasteiger partial charge is 0.480 e. The first-order valence-electron chi connectivity index (χ1n) is 6.91. The number of likely N-dealkylation sites (N-methyl/N-ethyl adjacent to an activating group) is 1. The highest BCUT2D eigenvalue weighted by atomic mass is 16.4. The van der Waals surface area contributed by atoms with Crippen LogP contribution >= 0.6 is 0 Å². The van der Waals surface area contributed by atoms with Gasteiger partial charge in [0.15, 0.2) is 0 Å². The first kappa shape index (κ1) is 11.5. The number of aliphatic carboxylic acids is 1. The molecule has 1 atom stereocenters. The number of nitrogens with one attached hydrogen (secondary N) is 1. The van der Waals surface area contributed by atoms with Crippen LogP contribution in [-0.2, 0) is 4.79 Å². The number of carbonyl (C=O) groups is 1. The van der Waals surface area contributed by atoms with Gasteiger partial charge in [0, 0.05) is 0 Å². The molecule has 4 aliphatic rings. The van der Waals surface area contributed by atoms with Crippen molar-refractivity contribution in [3.05, 3.63) is 0 Å². The Balaban J connectivity index is 1.98. The lowest BCUT2D eigenvalue weighted by molar-refractivity contribution is -0.163. The molecule has 4 aliphatic carbocycles. The van der Waals surface area contributed by atoms with Gasteiger partial charge in [0.25, 0.3) is 0 Å². The van der Waals surface area contributed by atoms with Crippen LogP contribution in [-0.4, -0.2) is 23.7 Å². The first-order chi connectivity index (χ1) is 7.99. The van der Waals surface area contributed by atoms with E-state index in [0.717, 1.165) is 37.0 Å². The maximum absolute atomic E-state index is 11.7. The zero-order valence-electron chi connectivity index (χ0n) is 10.8. The van der Waals surface area contributed by atoms with Crippen molar-refractivity contribution < 1.29 is 9.90 Å². The van der Waals surface area contributed by atoms with Crippen LogP contribution in [0.25, 0.3) is 0 Å². The van der Waals surface area contributed by atoms with Gasteiger partial charge in [-0.2, -0.15) is 0 Å². The van der Waals surface area contributed by atoms with E-state index in [2.05, 4.69) is 5.32 Å². The van der Waals surface area contributed by atoms with E-state index >= 15 is 0 Å². The highest BCUT2D eigenvalue weighted by Crippen LogP contribution is 2.63. The molecular formula is C14H23NO2. The van der Waals surface area contributed by atoms with Gasteiger partial charge in [-0.15, -0.1) is 0 Å². The molecule has 3 nitrogen and oxygen atoms in total. The second-order valence-electron chi connectivity index (χ2n) is 6.88. The fraction of sp³-hybridized carbons (Fsp3) is 0.929. The standard InChI is InChI=1S/C14H23NO2/c1-13(15-2,12(16)17)14-6-9-3-10(7-14)5-11(4-9)8-14/h9-11,15H,3-8H2,1-2H3,(H,16,17). The number of rotatable bonds is 3. The molecule has 17 heavy (non-hydrogen) atoms. The van der Waals surface area contributed by atoms with E-state index in [0.29, 0.717) is 0 Å². The number of hydrogen-bond acceptors (Lipinski definition) is 2. The Morgan fingerprint density at radius 1 is 1.18 bits per heavy atom. The highest BCUT2D eigenvalue weighted by molar-refractivity contribution is 5.79. The second kappa shape index (κ2) is 3.47. The molecule has 0 aromatic rings. The summed E-state index contributed by atoms with van der Waals surface area (Å²) in [4.78, 5) is 11.7. The summed E-state index contributed by atoms with van der Waals surface area (Å²) in [5.74, 6) is 1.73. The van der Waals surface area contributed by atoms with Crippen molar-refractivity contribution in [2.45, 2.75) is 51.0 Å². The molecule has 4 rings (SSSR count). The van der Waals surface area contributed by atoms with E-state index in [1.807, 2.05) is 14.0 Å². The highest BCUT2D eigenvalue weighted by Gasteiger charge is 2.61. The van der Waals surface area contributed by atoms with Crippen molar-refractivity contribution >= 4 is 5.97 Å². The van der Waals surface area contributed by atoms with Crippen LogP contribution in [0, 0.1) is 23.2 Å². The molecule has 0 aliphatic heterocycles. The van der Waals surface area contributed by atoms with Gasteiger partial charge < -0.3 is 10.4 Å². The van der Waals surface area contributed by atoms with Crippen molar-refractivity contribution in [2.75, 3.05) is 7.05 Å². The van der Waals surface area contributed by atoms with Gasteiger partial charge in [-0.25, -0.2) is 0 Å². The molecule has 0 spiro atoms. The van der Waals surface area contributed by atoms with Crippen molar-refractivity contribution in [3.8, 4) is 0 Å². The van der Waals surface area contributed by atoms with Crippen LogP contribution in [0.3, 0.4) is 0 Å². The van der Waals surface area contributed by atoms with Gasteiger partial charge in [-0.05, 0) is 75.7 Å². The second-order valence-corrected chi connectivity index (χ2v) is 6.88. The van der Waals surface area contributed by atoms with Crippen molar-refractivity contribution in [2.24, 2.45) is 23.2 Å². The lowest BCUT2D eigenvalue weighted by atomic mass is 9.45. The van der Waals surface area contributed by atoms with E-state index in [9.17, 15) is 9.90 Å². The fourth-order valence-electron chi connectivity index (χ4n) is 5.32. The average molecular weight is 237 g/mol. The van der Waals surface area contributed by atoms with Gasteiger partial charge in [-0.1, -0.05) is 0 Å². The van der Waals surface area contributed by atoms with E-state index in [-0.39, 0.29) is 5.41 Å². The van der Waals surface area contributed by atoms with E-state index in [4.69, 9.17) is 0 Å². The van der Waals surface area contributed by atoms with Gasteiger partial charge in [0.2, 0.25) is 0 Å². The molecule has 96 valence electrons. The lowest BCUT2D eigenvalue weighted by Gasteiger charge is -2.61. The SMILES string of the molecule is CNC(C)(C(=O)O)C12CC3CC(CC(C3)C1)C2. The monoisotopic (exact) mass is 237 g/mol. The zero-order valence-corrected chi connectivity index (χ0v) is 10.8. The molecule has 0 saturated heterocycles. The van der Waals surface area contributed by atoms with E-state index in [1.54, 1.807) is 0 Å². The number of hydrogen-bond donors (Lipinski definition) is 2. The van der Waals surface area contributed by atoms with E-state index in [1.165, 1.54) is 19.3 Å². The Labute approximate surface area is 103 Å². The van der Waals surface area contributed by atoms with Gasteiger partial charge in [-0.3, -0.25) is 4.79 Å². The summed E-state index contributed by atoms with van der Waals surface area (Å²) in [7, 11) is 1.81. The summed E-state index contributed by atoms with van der Waals surface area (Å²) < 4.78 is 0. The smallest absolute Gasteiger partial charge is 0.324 e. The minimum absolute atomic E-state index is 0.0162. The Kier molecular flexibility index (Phi) is 2.35. The number of carboxylic acid groups (broad SMARTS) is 1. The third kappa shape index (κ3) is 1.41. The predicted octanol–water partition coefficient (Wildman–Crippen LogP) is 2.27. The summed E-state index contributed by atoms with van der Waals surface area (Å²) in [6.07, 6.45) is 7.46. The molecule has 4 saturated carbocycles. The maximum Gasteiger partial charge on any atom is 0.324 e. The third-order valence-electron chi connectivity index (χ3n) is 6.03. The van der Waals surface area contributed by atoms with Gasteiger partial charge >= 0.3 is 5.97 Å². The minimum atomic E-state index is -0.733. The van der Waals surface area contributed by atoms with Crippen LogP contribution in [0.4, 0.5) is 0 Å². The summed E-state index contributed by atoms with van der Waals surface area (Å²) in [6.45, 7) is 1.91. The Bertz CT molecular complexity index is 317. The fourth-order valence-corrected chi connectivity index (χ4v) is 5.32. The average Bonchev–Trinajstić information content (AvgIpc) is 2.25. The van der Waals surface area contributed by atoms with Crippen LogP contribution in [0.5, 0.6) is 0 Å². The molecule has 2 N–H and O–H groups in total. The quantitative estimate of drug-likeness (QED) is 0.791. The molecule has 0 aromatic heterocycles. The van der Waals surface area contributed by atoms with E-state index < -0.39 is 11.5 Å². The molecule has 1 unspecified atom stereocenters. The molecule has 0 radical (unpaired) electrons. The molecule has 4 fully saturated rings. The summed E-state index contributed by atoms with van der Waals surface area (Å²) in [5, 5.41) is 12.8. The topological polar surface area (TPSA) is 49.3 Å². The zero-order chi connectivity index (χ0) is 12.3. The maximum atomic E-state index is 11.7. The third-order valence-corrected chi connectivity index (χ3v) is 6.03. The molecule has 4 bridgehead atoms. The molecule has 0 amide bonds. The van der Waals surface area contributed by atoms with Crippen LogP contribution in [0.2, 0.25) is 0 Å². The Hall–Kier alpha value is -0.570. The summed E-state index contributed by atoms with van der Waals surface area (Å²) >= 11 is 0. The molecule has 3 heteroatoms.